The highest BCUT2D eigenvalue weighted by molar-refractivity contribution is 7.09. The summed E-state index contributed by atoms with van der Waals surface area (Å²) >= 11 is 7.77. The van der Waals surface area contributed by atoms with Gasteiger partial charge in [0.05, 0.1) is 16.8 Å². The van der Waals surface area contributed by atoms with E-state index in [1.54, 1.807) is 11.3 Å². The van der Waals surface area contributed by atoms with Crippen LogP contribution in [-0.2, 0) is 12.8 Å². The predicted molar refractivity (Wildman–Crippen MR) is 76.5 cm³/mol. The zero-order chi connectivity index (χ0) is 13.1. The van der Waals surface area contributed by atoms with Crippen LogP contribution in [0.1, 0.15) is 21.8 Å². The first-order valence-corrected chi connectivity index (χ1v) is 7.14. The fourth-order valence-corrected chi connectivity index (χ4v) is 2.83. The molecule has 0 spiro atoms. The van der Waals surface area contributed by atoms with Crippen LogP contribution in [0.25, 0.3) is 0 Å². The number of aryl methyl sites for hydroxylation is 2. The standard InChI is InChI=1S/C14H16ClNOS/c1-9-3-4-11(14(15)5-9)6-13(17)7-12-8-18-10(2)16-12/h3-5,8,13,17H,6-7H2,1-2H3. The molecular formula is C14H16ClNOS. The van der Waals surface area contributed by atoms with Gasteiger partial charge in [-0.05, 0) is 31.0 Å². The van der Waals surface area contributed by atoms with Gasteiger partial charge in [-0.25, -0.2) is 4.98 Å². The molecule has 2 nitrogen and oxygen atoms in total. The van der Waals surface area contributed by atoms with Crippen molar-refractivity contribution in [2.75, 3.05) is 0 Å². The molecule has 0 saturated heterocycles. The van der Waals surface area contributed by atoms with E-state index in [-0.39, 0.29) is 0 Å². The quantitative estimate of drug-likeness (QED) is 0.929. The number of hydrogen-bond acceptors (Lipinski definition) is 3. The Morgan fingerprint density at radius 2 is 2.11 bits per heavy atom. The summed E-state index contributed by atoms with van der Waals surface area (Å²) in [6.07, 6.45) is 0.705. The second-order valence-corrected chi connectivity index (χ2v) is 5.98. The molecule has 1 aromatic carbocycles. The van der Waals surface area contributed by atoms with Crippen LogP contribution in [-0.4, -0.2) is 16.2 Å². The van der Waals surface area contributed by atoms with E-state index in [2.05, 4.69) is 4.98 Å². The lowest BCUT2D eigenvalue weighted by Gasteiger charge is -2.11. The second-order valence-electron chi connectivity index (χ2n) is 4.51. The number of aromatic nitrogens is 1. The molecule has 0 aliphatic carbocycles. The first kappa shape index (κ1) is 13.5. The molecule has 1 aromatic heterocycles. The van der Waals surface area contributed by atoms with E-state index in [0.717, 1.165) is 26.9 Å². The van der Waals surface area contributed by atoms with Crippen molar-refractivity contribution in [1.82, 2.24) is 4.98 Å². The number of nitrogens with zero attached hydrogens (tertiary/aromatic N) is 1. The Balaban J connectivity index is 2.00. The average molecular weight is 282 g/mol. The second kappa shape index (κ2) is 5.83. The van der Waals surface area contributed by atoms with Crippen molar-refractivity contribution in [3.8, 4) is 0 Å². The number of halogens is 1. The third-order valence-corrected chi connectivity index (χ3v) is 3.95. The Labute approximate surface area is 116 Å². The molecule has 1 N–H and O–H groups in total. The summed E-state index contributed by atoms with van der Waals surface area (Å²) in [4.78, 5) is 4.35. The molecular weight excluding hydrogens is 266 g/mol. The minimum atomic E-state index is -0.438. The molecule has 2 aromatic rings. The largest absolute Gasteiger partial charge is 0.392 e. The lowest BCUT2D eigenvalue weighted by Crippen LogP contribution is -2.14. The smallest absolute Gasteiger partial charge is 0.0897 e. The highest BCUT2D eigenvalue weighted by atomic mass is 35.5. The lowest BCUT2D eigenvalue weighted by molar-refractivity contribution is 0.174. The van der Waals surface area contributed by atoms with Gasteiger partial charge in [0.15, 0.2) is 0 Å². The third kappa shape index (κ3) is 3.55. The molecule has 1 unspecified atom stereocenters. The number of hydrogen-bond donors (Lipinski definition) is 1. The van der Waals surface area contributed by atoms with Crippen molar-refractivity contribution in [1.29, 1.82) is 0 Å². The van der Waals surface area contributed by atoms with Gasteiger partial charge in [-0.3, -0.25) is 0 Å². The third-order valence-electron chi connectivity index (χ3n) is 2.78. The lowest BCUT2D eigenvalue weighted by atomic mass is 10.0. The summed E-state index contributed by atoms with van der Waals surface area (Å²) in [7, 11) is 0. The number of aliphatic hydroxyl groups is 1. The minimum absolute atomic E-state index is 0.438. The van der Waals surface area contributed by atoms with E-state index >= 15 is 0 Å². The highest BCUT2D eigenvalue weighted by Crippen LogP contribution is 2.20. The maximum Gasteiger partial charge on any atom is 0.0897 e. The monoisotopic (exact) mass is 281 g/mol. The van der Waals surface area contributed by atoms with E-state index in [1.807, 2.05) is 37.4 Å². The molecule has 2 rings (SSSR count). The summed E-state index contributed by atoms with van der Waals surface area (Å²) < 4.78 is 0. The van der Waals surface area contributed by atoms with Crippen molar-refractivity contribution in [3.05, 3.63) is 50.4 Å². The van der Waals surface area contributed by atoms with Crippen LogP contribution in [0.4, 0.5) is 0 Å². The van der Waals surface area contributed by atoms with Gasteiger partial charge in [0.2, 0.25) is 0 Å². The van der Waals surface area contributed by atoms with Gasteiger partial charge in [-0.1, -0.05) is 23.7 Å². The van der Waals surface area contributed by atoms with Crippen molar-refractivity contribution in [3.63, 3.8) is 0 Å². The van der Waals surface area contributed by atoms with Crippen LogP contribution in [0.15, 0.2) is 23.6 Å². The van der Waals surface area contributed by atoms with Gasteiger partial charge in [-0.15, -0.1) is 11.3 Å². The Bertz CT molecular complexity index is 538. The maximum absolute atomic E-state index is 10.1. The summed E-state index contributed by atoms with van der Waals surface area (Å²) in [5.74, 6) is 0. The molecule has 1 heterocycles. The Morgan fingerprint density at radius 1 is 1.33 bits per heavy atom. The van der Waals surface area contributed by atoms with Gasteiger partial charge in [0.1, 0.15) is 0 Å². The Kier molecular flexibility index (Phi) is 4.38. The number of aliphatic hydroxyl groups excluding tert-OH is 1. The minimum Gasteiger partial charge on any atom is -0.392 e. The Hall–Kier alpha value is -0.900. The van der Waals surface area contributed by atoms with Crippen molar-refractivity contribution in [2.45, 2.75) is 32.8 Å². The van der Waals surface area contributed by atoms with Gasteiger partial charge in [0.25, 0.3) is 0 Å². The number of thiazole rings is 1. The average Bonchev–Trinajstić information content (AvgIpc) is 2.68. The molecule has 0 bridgehead atoms. The molecule has 0 amide bonds. The van der Waals surface area contributed by atoms with Crippen LogP contribution in [0.2, 0.25) is 5.02 Å². The zero-order valence-corrected chi connectivity index (χ0v) is 12.1. The maximum atomic E-state index is 10.1. The first-order valence-electron chi connectivity index (χ1n) is 5.88. The fourth-order valence-electron chi connectivity index (χ4n) is 1.89. The normalized spacial score (nSPS) is 12.7. The topological polar surface area (TPSA) is 33.1 Å². The van der Waals surface area contributed by atoms with E-state index in [0.29, 0.717) is 12.8 Å². The van der Waals surface area contributed by atoms with E-state index in [1.165, 1.54) is 0 Å². The predicted octanol–water partition coefficient (Wildman–Crippen LogP) is 3.56. The van der Waals surface area contributed by atoms with Crippen molar-refractivity contribution < 1.29 is 5.11 Å². The molecule has 1 atom stereocenters. The zero-order valence-electron chi connectivity index (χ0n) is 10.5. The molecule has 0 aliphatic heterocycles. The molecule has 96 valence electrons. The van der Waals surface area contributed by atoms with Crippen LogP contribution >= 0.6 is 22.9 Å². The summed E-state index contributed by atoms with van der Waals surface area (Å²) in [6.45, 7) is 3.97. The van der Waals surface area contributed by atoms with Gasteiger partial charge >= 0.3 is 0 Å². The fraction of sp³-hybridized carbons (Fsp3) is 0.357. The van der Waals surface area contributed by atoms with Crippen LogP contribution in [0.5, 0.6) is 0 Å². The molecule has 0 aliphatic rings. The van der Waals surface area contributed by atoms with Crippen molar-refractivity contribution in [2.24, 2.45) is 0 Å². The summed E-state index contributed by atoms with van der Waals surface area (Å²) in [6, 6.07) is 5.92. The molecule has 0 fully saturated rings. The SMILES string of the molecule is Cc1ccc(CC(O)Cc2csc(C)n2)c(Cl)c1. The number of rotatable bonds is 4. The summed E-state index contributed by atoms with van der Waals surface area (Å²) in [5, 5.41) is 13.8. The Morgan fingerprint density at radius 3 is 2.72 bits per heavy atom. The van der Waals surface area contributed by atoms with Crippen molar-refractivity contribution >= 4 is 22.9 Å². The van der Waals surface area contributed by atoms with Gasteiger partial charge in [0, 0.05) is 23.2 Å². The summed E-state index contributed by atoms with van der Waals surface area (Å²) in [5.41, 5.74) is 3.07. The van der Waals surface area contributed by atoms with Crippen LogP contribution in [0.3, 0.4) is 0 Å². The van der Waals surface area contributed by atoms with E-state index in [9.17, 15) is 5.11 Å². The molecule has 0 radical (unpaired) electrons. The number of benzene rings is 1. The van der Waals surface area contributed by atoms with E-state index < -0.39 is 6.10 Å². The van der Waals surface area contributed by atoms with E-state index in [4.69, 9.17) is 11.6 Å². The van der Waals surface area contributed by atoms with Crippen LogP contribution < -0.4 is 0 Å². The molecule has 0 saturated carbocycles. The highest BCUT2D eigenvalue weighted by Gasteiger charge is 2.11. The molecule has 18 heavy (non-hydrogen) atoms. The van der Waals surface area contributed by atoms with Crippen LogP contribution in [0, 0.1) is 13.8 Å². The first-order chi connectivity index (χ1) is 8.54. The van der Waals surface area contributed by atoms with Gasteiger partial charge < -0.3 is 5.11 Å². The molecule has 4 heteroatoms. The van der Waals surface area contributed by atoms with Gasteiger partial charge in [-0.2, -0.15) is 0 Å².